The van der Waals surface area contributed by atoms with Gasteiger partial charge in [-0.3, -0.25) is 4.79 Å². The zero-order chi connectivity index (χ0) is 13.8. The molecule has 2 atom stereocenters. The van der Waals surface area contributed by atoms with Crippen LogP contribution < -0.4 is 10.1 Å². The van der Waals surface area contributed by atoms with Gasteiger partial charge in [-0.1, -0.05) is 28.4 Å². The van der Waals surface area contributed by atoms with Crippen molar-refractivity contribution in [3.8, 4) is 5.75 Å². The Balaban J connectivity index is 2.02. The topological polar surface area (TPSA) is 38.3 Å². The van der Waals surface area contributed by atoms with Crippen LogP contribution in [0.1, 0.15) is 43.5 Å². The van der Waals surface area contributed by atoms with Crippen molar-refractivity contribution >= 4 is 21.8 Å². The third-order valence-corrected chi connectivity index (χ3v) is 4.31. The van der Waals surface area contributed by atoms with Gasteiger partial charge in [0.25, 0.3) is 5.91 Å². The smallest absolute Gasteiger partial charge is 0.251 e. The fourth-order valence-electron chi connectivity index (χ4n) is 2.31. The average Bonchev–Trinajstić information content (AvgIpc) is 2.74. The van der Waals surface area contributed by atoms with E-state index in [-0.39, 0.29) is 18.1 Å². The molecule has 0 aliphatic heterocycles. The van der Waals surface area contributed by atoms with E-state index in [1.54, 1.807) is 6.07 Å². The van der Waals surface area contributed by atoms with E-state index in [0.717, 1.165) is 25.0 Å². The second-order valence-electron chi connectivity index (χ2n) is 5.22. The Kier molecular flexibility index (Phi) is 4.86. The van der Waals surface area contributed by atoms with Crippen LogP contribution in [0.4, 0.5) is 0 Å². The standard InChI is InChI=1S/C15H20BrNO2/c1-10(2)19-12-6-3-5-11(9-12)15(18)17-14-8-4-7-13(14)16/h3,5-6,9-10,13-14H,4,7-8H2,1-2H3,(H,17,18). The minimum atomic E-state index is -0.0226. The summed E-state index contributed by atoms with van der Waals surface area (Å²) in [6.45, 7) is 3.95. The quantitative estimate of drug-likeness (QED) is 0.860. The molecule has 104 valence electrons. The Labute approximate surface area is 122 Å². The second kappa shape index (κ2) is 6.42. The first-order chi connectivity index (χ1) is 9.06. The number of benzene rings is 1. The molecule has 3 nitrogen and oxygen atoms in total. The lowest BCUT2D eigenvalue weighted by Crippen LogP contribution is -2.37. The zero-order valence-electron chi connectivity index (χ0n) is 11.4. The molecule has 19 heavy (non-hydrogen) atoms. The van der Waals surface area contributed by atoms with Gasteiger partial charge in [-0.15, -0.1) is 0 Å². The first kappa shape index (κ1) is 14.4. The highest BCUT2D eigenvalue weighted by molar-refractivity contribution is 9.09. The number of rotatable bonds is 4. The molecule has 1 aromatic rings. The lowest BCUT2D eigenvalue weighted by atomic mass is 10.1. The number of carbonyl (C=O) groups is 1. The highest BCUT2D eigenvalue weighted by atomic mass is 79.9. The third-order valence-electron chi connectivity index (χ3n) is 3.22. The maximum Gasteiger partial charge on any atom is 0.251 e. The molecule has 1 aliphatic carbocycles. The number of ether oxygens (including phenoxy) is 1. The molecule has 0 heterocycles. The zero-order valence-corrected chi connectivity index (χ0v) is 12.9. The number of halogens is 1. The molecule has 0 aromatic heterocycles. The summed E-state index contributed by atoms with van der Waals surface area (Å²) >= 11 is 3.61. The molecule has 1 aromatic carbocycles. The van der Waals surface area contributed by atoms with Crippen LogP contribution in [-0.2, 0) is 0 Å². The van der Waals surface area contributed by atoms with Crippen molar-refractivity contribution in [3.05, 3.63) is 29.8 Å². The van der Waals surface area contributed by atoms with Gasteiger partial charge >= 0.3 is 0 Å². The van der Waals surface area contributed by atoms with Gasteiger partial charge in [0.2, 0.25) is 0 Å². The second-order valence-corrected chi connectivity index (χ2v) is 6.40. The molecule has 1 fully saturated rings. The minimum Gasteiger partial charge on any atom is -0.491 e. The van der Waals surface area contributed by atoms with Crippen LogP contribution in [0.15, 0.2) is 24.3 Å². The van der Waals surface area contributed by atoms with Crippen molar-refractivity contribution in [3.63, 3.8) is 0 Å². The summed E-state index contributed by atoms with van der Waals surface area (Å²) in [5.74, 6) is 0.718. The Morgan fingerprint density at radius 2 is 2.21 bits per heavy atom. The van der Waals surface area contributed by atoms with Crippen molar-refractivity contribution in [2.45, 2.75) is 50.1 Å². The largest absolute Gasteiger partial charge is 0.491 e. The van der Waals surface area contributed by atoms with E-state index in [1.807, 2.05) is 32.0 Å². The van der Waals surface area contributed by atoms with Crippen LogP contribution in [0.5, 0.6) is 5.75 Å². The maximum absolute atomic E-state index is 12.2. The number of amides is 1. The first-order valence-corrected chi connectivity index (χ1v) is 7.69. The van der Waals surface area contributed by atoms with Gasteiger partial charge < -0.3 is 10.1 Å². The molecular weight excluding hydrogens is 306 g/mol. The summed E-state index contributed by atoms with van der Waals surface area (Å²) in [6.07, 6.45) is 3.45. The number of hydrogen-bond acceptors (Lipinski definition) is 2. The van der Waals surface area contributed by atoms with Crippen LogP contribution in [0.25, 0.3) is 0 Å². The molecule has 1 aliphatic rings. The lowest BCUT2D eigenvalue weighted by molar-refractivity contribution is 0.0938. The van der Waals surface area contributed by atoms with E-state index in [4.69, 9.17) is 4.74 Å². The van der Waals surface area contributed by atoms with E-state index < -0.39 is 0 Å². The van der Waals surface area contributed by atoms with Gasteiger partial charge in [0.15, 0.2) is 0 Å². The van der Waals surface area contributed by atoms with E-state index in [9.17, 15) is 4.79 Å². The Hall–Kier alpha value is -1.03. The van der Waals surface area contributed by atoms with E-state index in [0.29, 0.717) is 10.4 Å². The summed E-state index contributed by atoms with van der Waals surface area (Å²) in [7, 11) is 0. The number of alkyl halides is 1. The van der Waals surface area contributed by atoms with Crippen LogP contribution in [0.2, 0.25) is 0 Å². The van der Waals surface area contributed by atoms with Gasteiger partial charge in [0.05, 0.1) is 6.10 Å². The highest BCUT2D eigenvalue weighted by Crippen LogP contribution is 2.26. The number of nitrogens with one attached hydrogen (secondary N) is 1. The molecule has 0 saturated heterocycles. The van der Waals surface area contributed by atoms with Crippen molar-refractivity contribution in [2.75, 3.05) is 0 Å². The lowest BCUT2D eigenvalue weighted by Gasteiger charge is -2.16. The van der Waals surface area contributed by atoms with Gasteiger partial charge in [-0.05, 0) is 44.9 Å². The molecule has 1 saturated carbocycles. The molecule has 0 radical (unpaired) electrons. The van der Waals surface area contributed by atoms with E-state index in [2.05, 4.69) is 21.2 Å². The third kappa shape index (κ3) is 3.96. The Morgan fingerprint density at radius 1 is 1.42 bits per heavy atom. The predicted octanol–water partition coefficient (Wildman–Crippen LogP) is 3.52. The number of hydrogen-bond donors (Lipinski definition) is 1. The van der Waals surface area contributed by atoms with Crippen molar-refractivity contribution < 1.29 is 9.53 Å². The predicted molar refractivity (Wildman–Crippen MR) is 80.0 cm³/mol. The first-order valence-electron chi connectivity index (χ1n) is 6.78. The van der Waals surface area contributed by atoms with Crippen molar-refractivity contribution in [1.29, 1.82) is 0 Å². The summed E-state index contributed by atoms with van der Waals surface area (Å²) in [4.78, 5) is 12.6. The van der Waals surface area contributed by atoms with E-state index >= 15 is 0 Å². The fraction of sp³-hybridized carbons (Fsp3) is 0.533. The average molecular weight is 326 g/mol. The normalized spacial score (nSPS) is 22.5. The fourth-order valence-corrected chi connectivity index (χ4v) is 3.03. The molecule has 0 spiro atoms. The molecule has 1 N–H and O–H groups in total. The summed E-state index contributed by atoms with van der Waals surface area (Å²) in [5, 5.41) is 3.08. The summed E-state index contributed by atoms with van der Waals surface area (Å²) in [5.41, 5.74) is 0.657. The van der Waals surface area contributed by atoms with Crippen LogP contribution >= 0.6 is 15.9 Å². The maximum atomic E-state index is 12.2. The molecule has 1 amide bonds. The Morgan fingerprint density at radius 3 is 2.84 bits per heavy atom. The van der Waals surface area contributed by atoms with Gasteiger partial charge in [0.1, 0.15) is 5.75 Å². The van der Waals surface area contributed by atoms with Crippen molar-refractivity contribution in [2.24, 2.45) is 0 Å². The van der Waals surface area contributed by atoms with Crippen LogP contribution in [0.3, 0.4) is 0 Å². The van der Waals surface area contributed by atoms with Gasteiger partial charge in [-0.2, -0.15) is 0 Å². The molecule has 0 bridgehead atoms. The summed E-state index contributed by atoms with van der Waals surface area (Å²) in [6, 6.07) is 7.59. The molecule has 2 rings (SSSR count). The molecular formula is C15H20BrNO2. The molecule has 4 heteroatoms. The Bertz CT molecular complexity index is 448. The van der Waals surface area contributed by atoms with Gasteiger partial charge in [-0.25, -0.2) is 0 Å². The van der Waals surface area contributed by atoms with Crippen molar-refractivity contribution in [1.82, 2.24) is 5.32 Å². The monoisotopic (exact) mass is 325 g/mol. The van der Waals surface area contributed by atoms with Crippen LogP contribution in [0, 0.1) is 0 Å². The molecule has 2 unspecified atom stereocenters. The summed E-state index contributed by atoms with van der Waals surface area (Å²) < 4.78 is 5.61. The minimum absolute atomic E-state index is 0.0226. The van der Waals surface area contributed by atoms with E-state index in [1.165, 1.54) is 0 Å². The van der Waals surface area contributed by atoms with Crippen LogP contribution in [-0.4, -0.2) is 22.9 Å². The highest BCUT2D eigenvalue weighted by Gasteiger charge is 2.26. The SMILES string of the molecule is CC(C)Oc1cccc(C(=O)NC2CCCC2Br)c1. The number of carbonyl (C=O) groups excluding carboxylic acids is 1. The van der Waals surface area contributed by atoms with Gasteiger partial charge in [0, 0.05) is 16.4 Å².